The molecule has 3 rings (SSSR count). The summed E-state index contributed by atoms with van der Waals surface area (Å²) in [5.41, 5.74) is 2.13. The van der Waals surface area contributed by atoms with Crippen molar-refractivity contribution < 1.29 is 8.42 Å². The minimum atomic E-state index is -2.86. The average Bonchev–Trinajstić information content (AvgIpc) is 2.82. The molecule has 90 valence electrons. The van der Waals surface area contributed by atoms with E-state index in [2.05, 4.69) is 9.38 Å². The lowest BCUT2D eigenvalue weighted by molar-refractivity contribution is 0.601. The first-order chi connectivity index (χ1) is 8.07. The number of pyridine rings is 1. The first-order valence-corrected chi connectivity index (χ1v) is 7.52. The van der Waals surface area contributed by atoms with Crippen molar-refractivity contribution in [2.24, 2.45) is 0 Å². The van der Waals surface area contributed by atoms with E-state index in [1.54, 1.807) is 0 Å². The molecule has 1 unspecified atom stereocenters. The van der Waals surface area contributed by atoms with Crippen molar-refractivity contribution in [3.05, 3.63) is 35.9 Å². The van der Waals surface area contributed by atoms with Crippen LogP contribution >= 0.6 is 0 Å². The summed E-state index contributed by atoms with van der Waals surface area (Å²) >= 11 is 0. The van der Waals surface area contributed by atoms with Crippen LogP contribution in [0.3, 0.4) is 0 Å². The van der Waals surface area contributed by atoms with Gasteiger partial charge in [-0.1, -0.05) is 6.07 Å². The molecule has 1 fully saturated rings. The summed E-state index contributed by atoms with van der Waals surface area (Å²) in [6, 6.07) is 6.00. The zero-order valence-corrected chi connectivity index (χ0v) is 10.4. The lowest BCUT2D eigenvalue weighted by Crippen LogP contribution is -2.08. The fraction of sp³-hybridized carbons (Fsp3) is 0.417. The molecule has 0 bridgehead atoms. The Balaban J connectivity index is 2.13. The molecule has 1 saturated heterocycles. The monoisotopic (exact) mass is 250 g/mol. The van der Waals surface area contributed by atoms with E-state index < -0.39 is 9.84 Å². The van der Waals surface area contributed by atoms with Gasteiger partial charge in [-0.15, -0.1) is 0 Å². The van der Waals surface area contributed by atoms with E-state index in [1.165, 1.54) is 0 Å². The van der Waals surface area contributed by atoms with Crippen molar-refractivity contribution in [3.8, 4) is 0 Å². The van der Waals surface area contributed by atoms with Gasteiger partial charge in [0.2, 0.25) is 0 Å². The van der Waals surface area contributed by atoms with Crippen LogP contribution in [0.2, 0.25) is 0 Å². The van der Waals surface area contributed by atoms with E-state index in [-0.39, 0.29) is 11.7 Å². The second-order valence-electron chi connectivity index (χ2n) is 4.64. The number of aromatic nitrogens is 2. The van der Waals surface area contributed by atoms with Gasteiger partial charge in [0.15, 0.2) is 9.84 Å². The number of imidazole rings is 1. The van der Waals surface area contributed by atoms with Crippen LogP contribution in [-0.2, 0) is 9.84 Å². The molecular formula is C12H14N2O2S. The summed E-state index contributed by atoms with van der Waals surface area (Å²) in [6.45, 7) is 2.02. The molecule has 4 nitrogen and oxygen atoms in total. The molecule has 0 saturated carbocycles. The van der Waals surface area contributed by atoms with E-state index in [9.17, 15) is 8.42 Å². The van der Waals surface area contributed by atoms with Crippen molar-refractivity contribution in [3.63, 3.8) is 0 Å². The SMILES string of the molecule is Cc1cccc2cnc(C3CCS(=O)(=O)C3)n12. The number of hydrogen-bond acceptors (Lipinski definition) is 3. The molecular weight excluding hydrogens is 236 g/mol. The van der Waals surface area contributed by atoms with Gasteiger partial charge in [-0.3, -0.25) is 0 Å². The number of hydrogen-bond donors (Lipinski definition) is 0. The van der Waals surface area contributed by atoms with Gasteiger partial charge >= 0.3 is 0 Å². The Labute approximate surface area is 100 Å². The van der Waals surface area contributed by atoms with Crippen molar-refractivity contribution in [2.45, 2.75) is 19.3 Å². The molecule has 2 aromatic rings. The number of aryl methyl sites for hydroxylation is 1. The summed E-state index contributed by atoms with van der Waals surface area (Å²) in [7, 11) is -2.86. The normalized spacial score (nSPS) is 23.2. The highest BCUT2D eigenvalue weighted by Crippen LogP contribution is 2.29. The van der Waals surface area contributed by atoms with Crippen molar-refractivity contribution >= 4 is 15.4 Å². The molecule has 0 aliphatic carbocycles. The Morgan fingerprint density at radius 3 is 2.94 bits per heavy atom. The standard InChI is InChI=1S/C12H14N2O2S/c1-9-3-2-4-11-7-13-12(14(9)11)10-5-6-17(15,16)8-10/h2-4,7,10H,5-6,8H2,1H3. The summed E-state index contributed by atoms with van der Waals surface area (Å²) < 4.78 is 25.1. The van der Waals surface area contributed by atoms with Gasteiger partial charge in [-0.05, 0) is 25.5 Å². The summed E-state index contributed by atoms with van der Waals surface area (Å²) in [5, 5.41) is 0. The predicted molar refractivity (Wildman–Crippen MR) is 65.9 cm³/mol. The number of fused-ring (bicyclic) bond motifs is 1. The molecule has 1 atom stereocenters. The van der Waals surface area contributed by atoms with Crippen LogP contribution in [0.25, 0.3) is 5.52 Å². The van der Waals surface area contributed by atoms with Gasteiger partial charge in [0, 0.05) is 11.6 Å². The largest absolute Gasteiger partial charge is 0.301 e. The summed E-state index contributed by atoms with van der Waals surface area (Å²) in [6.07, 6.45) is 2.50. The summed E-state index contributed by atoms with van der Waals surface area (Å²) in [4.78, 5) is 4.40. The quantitative estimate of drug-likeness (QED) is 0.771. The number of nitrogens with zero attached hydrogens (tertiary/aromatic N) is 2. The van der Waals surface area contributed by atoms with E-state index in [0.29, 0.717) is 12.2 Å². The van der Waals surface area contributed by atoms with Gasteiger partial charge in [0.05, 0.1) is 23.2 Å². The second kappa shape index (κ2) is 3.57. The minimum absolute atomic E-state index is 0.0450. The lowest BCUT2D eigenvalue weighted by atomic mass is 10.1. The highest BCUT2D eigenvalue weighted by atomic mass is 32.2. The maximum absolute atomic E-state index is 11.5. The molecule has 1 aliphatic rings. The molecule has 3 heterocycles. The molecule has 2 aromatic heterocycles. The third-order valence-corrected chi connectivity index (χ3v) is 5.14. The van der Waals surface area contributed by atoms with E-state index in [1.807, 2.05) is 31.3 Å². The smallest absolute Gasteiger partial charge is 0.151 e. The molecule has 0 N–H and O–H groups in total. The van der Waals surface area contributed by atoms with Gasteiger partial charge in [-0.25, -0.2) is 13.4 Å². The van der Waals surface area contributed by atoms with Crippen LogP contribution in [0.4, 0.5) is 0 Å². The summed E-state index contributed by atoms with van der Waals surface area (Å²) in [5.74, 6) is 1.46. The molecule has 5 heteroatoms. The van der Waals surface area contributed by atoms with E-state index >= 15 is 0 Å². The maximum atomic E-state index is 11.5. The predicted octanol–water partition coefficient (Wildman–Crippen LogP) is 1.54. The van der Waals surface area contributed by atoms with Gasteiger partial charge in [-0.2, -0.15) is 0 Å². The Morgan fingerprint density at radius 1 is 1.41 bits per heavy atom. The zero-order chi connectivity index (χ0) is 12.0. The molecule has 0 amide bonds. The van der Waals surface area contributed by atoms with Crippen LogP contribution in [0.5, 0.6) is 0 Å². The van der Waals surface area contributed by atoms with E-state index in [4.69, 9.17) is 0 Å². The van der Waals surface area contributed by atoms with Crippen LogP contribution in [-0.4, -0.2) is 29.3 Å². The Morgan fingerprint density at radius 2 is 2.24 bits per heavy atom. The molecule has 0 aromatic carbocycles. The fourth-order valence-electron chi connectivity index (χ4n) is 2.53. The molecule has 0 spiro atoms. The van der Waals surface area contributed by atoms with Gasteiger partial charge in [0.1, 0.15) is 5.82 Å². The Hall–Kier alpha value is -1.36. The highest BCUT2D eigenvalue weighted by molar-refractivity contribution is 7.91. The zero-order valence-electron chi connectivity index (χ0n) is 9.63. The highest BCUT2D eigenvalue weighted by Gasteiger charge is 2.31. The minimum Gasteiger partial charge on any atom is -0.301 e. The van der Waals surface area contributed by atoms with Gasteiger partial charge < -0.3 is 4.40 Å². The number of sulfone groups is 1. The van der Waals surface area contributed by atoms with Crippen LogP contribution in [0, 0.1) is 6.92 Å². The van der Waals surface area contributed by atoms with Crippen LogP contribution in [0.1, 0.15) is 23.9 Å². The van der Waals surface area contributed by atoms with Crippen molar-refractivity contribution in [1.29, 1.82) is 0 Å². The third-order valence-electron chi connectivity index (χ3n) is 3.37. The Kier molecular flexibility index (Phi) is 2.26. The topological polar surface area (TPSA) is 51.4 Å². The van der Waals surface area contributed by atoms with Gasteiger partial charge in [0.25, 0.3) is 0 Å². The average molecular weight is 250 g/mol. The van der Waals surface area contributed by atoms with Crippen LogP contribution < -0.4 is 0 Å². The first-order valence-electron chi connectivity index (χ1n) is 5.70. The van der Waals surface area contributed by atoms with Crippen LogP contribution in [0.15, 0.2) is 24.4 Å². The van der Waals surface area contributed by atoms with Crippen molar-refractivity contribution in [1.82, 2.24) is 9.38 Å². The lowest BCUT2D eigenvalue weighted by Gasteiger charge is -2.09. The van der Waals surface area contributed by atoms with Crippen molar-refractivity contribution in [2.75, 3.05) is 11.5 Å². The molecule has 17 heavy (non-hydrogen) atoms. The third kappa shape index (κ3) is 1.74. The first kappa shape index (κ1) is 10.8. The fourth-order valence-corrected chi connectivity index (χ4v) is 4.27. The second-order valence-corrected chi connectivity index (χ2v) is 6.87. The maximum Gasteiger partial charge on any atom is 0.151 e. The Bertz CT molecular complexity index is 673. The van der Waals surface area contributed by atoms with E-state index in [0.717, 1.165) is 17.0 Å². The molecule has 1 aliphatic heterocycles. The molecule has 0 radical (unpaired) electrons. The number of rotatable bonds is 1.